The SMILES string of the molecule is CCC(C)N(CCOC)c1ccc(F)cc1C(C)N. The summed E-state index contributed by atoms with van der Waals surface area (Å²) in [5.74, 6) is -0.244. The van der Waals surface area contributed by atoms with Gasteiger partial charge in [-0.2, -0.15) is 0 Å². The van der Waals surface area contributed by atoms with Crippen LogP contribution in [0.5, 0.6) is 0 Å². The molecule has 0 amide bonds. The van der Waals surface area contributed by atoms with E-state index in [1.807, 2.05) is 13.0 Å². The third-order valence-electron chi connectivity index (χ3n) is 3.45. The van der Waals surface area contributed by atoms with E-state index in [1.165, 1.54) is 12.1 Å². The molecule has 0 aliphatic rings. The molecule has 0 radical (unpaired) electrons. The van der Waals surface area contributed by atoms with Gasteiger partial charge in [0.25, 0.3) is 0 Å². The molecule has 2 N–H and O–H groups in total. The van der Waals surface area contributed by atoms with Gasteiger partial charge >= 0.3 is 0 Å². The molecule has 108 valence electrons. The Kier molecular flexibility index (Phi) is 6.25. The van der Waals surface area contributed by atoms with E-state index in [0.717, 1.165) is 24.2 Å². The van der Waals surface area contributed by atoms with Crippen LogP contribution in [0.1, 0.15) is 38.8 Å². The highest BCUT2D eigenvalue weighted by Crippen LogP contribution is 2.28. The number of halogens is 1. The van der Waals surface area contributed by atoms with Crippen molar-refractivity contribution < 1.29 is 9.13 Å². The summed E-state index contributed by atoms with van der Waals surface area (Å²) < 4.78 is 18.6. The first-order chi connectivity index (χ1) is 9.01. The molecule has 0 bridgehead atoms. The quantitative estimate of drug-likeness (QED) is 0.826. The Labute approximate surface area is 115 Å². The van der Waals surface area contributed by atoms with Crippen molar-refractivity contribution in [3.63, 3.8) is 0 Å². The van der Waals surface area contributed by atoms with E-state index in [0.29, 0.717) is 12.6 Å². The van der Waals surface area contributed by atoms with E-state index in [9.17, 15) is 4.39 Å². The average molecular weight is 268 g/mol. The molecule has 3 nitrogen and oxygen atoms in total. The Bertz CT molecular complexity index is 396. The van der Waals surface area contributed by atoms with Gasteiger partial charge in [0, 0.05) is 31.4 Å². The summed E-state index contributed by atoms with van der Waals surface area (Å²) in [5, 5.41) is 0. The Morgan fingerprint density at radius 3 is 2.58 bits per heavy atom. The molecule has 0 fully saturated rings. The predicted molar refractivity (Wildman–Crippen MR) is 78.0 cm³/mol. The summed E-state index contributed by atoms with van der Waals surface area (Å²) in [6.45, 7) is 7.59. The number of methoxy groups -OCH3 is 1. The number of hydrogen-bond donors (Lipinski definition) is 1. The largest absolute Gasteiger partial charge is 0.383 e. The lowest BCUT2D eigenvalue weighted by Crippen LogP contribution is -2.36. The molecular weight excluding hydrogens is 243 g/mol. The molecule has 1 rings (SSSR count). The van der Waals surface area contributed by atoms with Crippen LogP contribution in [0, 0.1) is 5.82 Å². The highest BCUT2D eigenvalue weighted by molar-refractivity contribution is 5.55. The summed E-state index contributed by atoms with van der Waals surface area (Å²) >= 11 is 0. The van der Waals surface area contributed by atoms with Crippen molar-refractivity contribution >= 4 is 5.69 Å². The molecule has 1 aromatic rings. The Morgan fingerprint density at radius 2 is 2.05 bits per heavy atom. The molecular formula is C15H25FN2O. The van der Waals surface area contributed by atoms with Crippen molar-refractivity contribution in [1.29, 1.82) is 0 Å². The fourth-order valence-corrected chi connectivity index (χ4v) is 2.14. The van der Waals surface area contributed by atoms with Crippen LogP contribution in [0.3, 0.4) is 0 Å². The predicted octanol–water partition coefficient (Wildman–Crippen LogP) is 3.10. The van der Waals surface area contributed by atoms with Crippen LogP contribution >= 0.6 is 0 Å². The maximum atomic E-state index is 13.4. The fourth-order valence-electron chi connectivity index (χ4n) is 2.14. The van der Waals surface area contributed by atoms with Gasteiger partial charge in [-0.3, -0.25) is 0 Å². The second-order valence-corrected chi connectivity index (χ2v) is 4.94. The zero-order valence-electron chi connectivity index (χ0n) is 12.3. The minimum Gasteiger partial charge on any atom is -0.383 e. The van der Waals surface area contributed by atoms with Gasteiger partial charge in [-0.15, -0.1) is 0 Å². The van der Waals surface area contributed by atoms with Crippen LogP contribution in [-0.2, 0) is 4.74 Å². The average Bonchev–Trinajstić information content (AvgIpc) is 2.39. The van der Waals surface area contributed by atoms with Crippen LogP contribution in [0.15, 0.2) is 18.2 Å². The van der Waals surface area contributed by atoms with Crippen LogP contribution < -0.4 is 10.6 Å². The van der Waals surface area contributed by atoms with Crippen molar-refractivity contribution in [2.24, 2.45) is 5.73 Å². The third kappa shape index (κ3) is 4.18. The van der Waals surface area contributed by atoms with Crippen molar-refractivity contribution in [3.8, 4) is 0 Å². The van der Waals surface area contributed by atoms with Crippen LogP contribution in [0.4, 0.5) is 10.1 Å². The first-order valence-electron chi connectivity index (χ1n) is 6.81. The van der Waals surface area contributed by atoms with Gasteiger partial charge in [0.2, 0.25) is 0 Å². The maximum Gasteiger partial charge on any atom is 0.123 e. The minimum absolute atomic E-state index is 0.195. The van der Waals surface area contributed by atoms with E-state index in [1.54, 1.807) is 7.11 Å². The topological polar surface area (TPSA) is 38.5 Å². The molecule has 2 atom stereocenters. The Balaban J connectivity index is 3.13. The second kappa shape index (κ2) is 7.46. The molecule has 0 heterocycles. The number of nitrogens with zero attached hydrogens (tertiary/aromatic N) is 1. The summed E-state index contributed by atoms with van der Waals surface area (Å²) in [7, 11) is 1.69. The molecule has 0 aliphatic heterocycles. The Hall–Kier alpha value is -1.13. The summed E-state index contributed by atoms with van der Waals surface area (Å²) in [6.07, 6.45) is 1.01. The molecule has 0 aliphatic carbocycles. The monoisotopic (exact) mass is 268 g/mol. The molecule has 0 spiro atoms. The standard InChI is InChI=1S/C15H25FN2O/c1-5-11(2)18(8-9-19-4)15-7-6-13(16)10-14(15)12(3)17/h6-7,10-12H,5,8-9,17H2,1-4H3. The lowest BCUT2D eigenvalue weighted by Gasteiger charge is -2.33. The highest BCUT2D eigenvalue weighted by Gasteiger charge is 2.18. The smallest absolute Gasteiger partial charge is 0.123 e. The zero-order chi connectivity index (χ0) is 14.4. The number of anilines is 1. The first-order valence-corrected chi connectivity index (χ1v) is 6.81. The number of benzene rings is 1. The fraction of sp³-hybridized carbons (Fsp3) is 0.600. The van der Waals surface area contributed by atoms with Crippen LogP contribution in [0.2, 0.25) is 0 Å². The van der Waals surface area contributed by atoms with Gasteiger partial charge in [-0.1, -0.05) is 6.92 Å². The van der Waals surface area contributed by atoms with Crippen molar-refractivity contribution in [1.82, 2.24) is 0 Å². The van der Waals surface area contributed by atoms with E-state index in [2.05, 4.69) is 18.7 Å². The van der Waals surface area contributed by atoms with Crippen molar-refractivity contribution in [2.45, 2.75) is 39.3 Å². The van der Waals surface area contributed by atoms with Gasteiger partial charge in [-0.25, -0.2) is 4.39 Å². The molecule has 1 aromatic carbocycles. The second-order valence-electron chi connectivity index (χ2n) is 4.94. The Morgan fingerprint density at radius 1 is 1.37 bits per heavy atom. The number of ether oxygens (including phenoxy) is 1. The van der Waals surface area contributed by atoms with Gasteiger partial charge in [-0.05, 0) is 44.0 Å². The number of nitrogens with two attached hydrogens (primary N) is 1. The van der Waals surface area contributed by atoms with Gasteiger partial charge < -0.3 is 15.4 Å². The first kappa shape index (κ1) is 15.9. The highest BCUT2D eigenvalue weighted by atomic mass is 19.1. The minimum atomic E-state index is -0.244. The van der Waals surface area contributed by atoms with E-state index < -0.39 is 0 Å². The van der Waals surface area contributed by atoms with Gasteiger partial charge in [0.1, 0.15) is 5.82 Å². The zero-order valence-corrected chi connectivity index (χ0v) is 12.3. The van der Waals surface area contributed by atoms with E-state index in [-0.39, 0.29) is 11.9 Å². The van der Waals surface area contributed by atoms with Gasteiger partial charge in [0.15, 0.2) is 0 Å². The lowest BCUT2D eigenvalue weighted by atomic mass is 10.0. The molecule has 2 unspecified atom stereocenters. The molecule has 4 heteroatoms. The van der Waals surface area contributed by atoms with Crippen LogP contribution in [0.25, 0.3) is 0 Å². The van der Waals surface area contributed by atoms with E-state index in [4.69, 9.17) is 10.5 Å². The maximum absolute atomic E-state index is 13.4. The van der Waals surface area contributed by atoms with Gasteiger partial charge in [0.05, 0.1) is 6.61 Å². The summed E-state index contributed by atoms with van der Waals surface area (Å²) in [4.78, 5) is 2.24. The van der Waals surface area contributed by atoms with E-state index >= 15 is 0 Å². The van der Waals surface area contributed by atoms with Crippen molar-refractivity contribution in [2.75, 3.05) is 25.2 Å². The summed E-state index contributed by atoms with van der Waals surface area (Å²) in [5.41, 5.74) is 7.81. The van der Waals surface area contributed by atoms with Crippen molar-refractivity contribution in [3.05, 3.63) is 29.6 Å². The third-order valence-corrected chi connectivity index (χ3v) is 3.45. The normalized spacial score (nSPS) is 14.2. The molecule has 0 aromatic heterocycles. The molecule has 0 saturated carbocycles. The number of rotatable bonds is 7. The molecule has 0 saturated heterocycles. The summed E-state index contributed by atoms with van der Waals surface area (Å²) in [6, 6.07) is 5.00. The van der Waals surface area contributed by atoms with Crippen LogP contribution in [-0.4, -0.2) is 26.3 Å². The number of hydrogen-bond acceptors (Lipinski definition) is 3. The lowest BCUT2D eigenvalue weighted by molar-refractivity contribution is 0.203. The molecule has 19 heavy (non-hydrogen) atoms.